The van der Waals surface area contributed by atoms with Gasteiger partial charge in [0.25, 0.3) is 0 Å². The van der Waals surface area contributed by atoms with Crippen LogP contribution >= 0.6 is 0 Å². The molecule has 1 saturated carbocycles. The minimum Gasteiger partial charge on any atom is -0.313 e. The Bertz CT molecular complexity index is 335. The summed E-state index contributed by atoms with van der Waals surface area (Å²) < 4.78 is 0. The number of aryl methyl sites for hydroxylation is 2. The lowest BCUT2D eigenvalue weighted by Crippen LogP contribution is -1.97. The number of carbonyl (C=O) groups excluding carboxylic acids is 1. The van der Waals surface area contributed by atoms with Crippen LogP contribution in [0.4, 0.5) is 5.82 Å². The summed E-state index contributed by atoms with van der Waals surface area (Å²) in [5, 5.41) is 2.48. The molecule has 1 fully saturated rings. The van der Waals surface area contributed by atoms with Crippen molar-refractivity contribution in [2.24, 2.45) is 0 Å². The van der Waals surface area contributed by atoms with E-state index in [0.717, 1.165) is 11.1 Å². The molecule has 1 aromatic rings. The zero-order chi connectivity index (χ0) is 14.5. The lowest BCUT2D eigenvalue weighted by molar-refractivity contribution is -0.105. The fraction of sp³-hybridized carbons (Fsp3) is 0.625. The van der Waals surface area contributed by atoms with Crippen LogP contribution in [0.2, 0.25) is 0 Å². The average Bonchev–Trinajstić information content (AvgIpc) is 2.48. The van der Waals surface area contributed by atoms with E-state index in [9.17, 15) is 4.79 Å². The molecule has 1 heterocycles. The van der Waals surface area contributed by atoms with Crippen LogP contribution in [-0.4, -0.2) is 11.4 Å². The molecule has 0 atom stereocenters. The maximum Gasteiger partial charge on any atom is 0.212 e. The molecule has 0 aliphatic heterocycles. The van der Waals surface area contributed by atoms with Crippen LogP contribution in [0.1, 0.15) is 63.5 Å². The highest BCUT2D eigenvalue weighted by atomic mass is 16.1. The van der Waals surface area contributed by atoms with Gasteiger partial charge >= 0.3 is 0 Å². The van der Waals surface area contributed by atoms with E-state index < -0.39 is 0 Å². The van der Waals surface area contributed by atoms with Gasteiger partial charge in [-0.2, -0.15) is 0 Å². The van der Waals surface area contributed by atoms with Gasteiger partial charge in [0.2, 0.25) is 6.41 Å². The molecule has 0 unspecified atom stereocenters. The van der Waals surface area contributed by atoms with Gasteiger partial charge in [-0.1, -0.05) is 52.4 Å². The molecule has 1 aliphatic rings. The predicted molar refractivity (Wildman–Crippen MR) is 82.4 cm³/mol. The lowest BCUT2D eigenvalue weighted by Gasteiger charge is -2.05. The Morgan fingerprint density at radius 1 is 1.00 bits per heavy atom. The quantitative estimate of drug-likeness (QED) is 0.791. The number of nitrogens with zero attached hydrogens (tertiary/aromatic N) is 1. The number of hydrogen-bond donors (Lipinski definition) is 1. The summed E-state index contributed by atoms with van der Waals surface area (Å²) in [5.74, 6) is 0.600. The highest BCUT2D eigenvalue weighted by Gasteiger charge is 1.95. The van der Waals surface area contributed by atoms with E-state index in [1.165, 1.54) is 38.5 Å². The summed E-state index contributed by atoms with van der Waals surface area (Å²) >= 11 is 0. The number of aromatic nitrogens is 1. The fourth-order valence-corrected chi connectivity index (χ4v) is 1.82. The molecule has 3 nitrogen and oxygen atoms in total. The normalized spacial score (nSPS) is 13.3. The maximum atomic E-state index is 10.0. The first-order valence-electron chi connectivity index (χ1n) is 7.37. The first-order chi connectivity index (χ1) is 9.24. The van der Waals surface area contributed by atoms with Crippen LogP contribution in [-0.2, 0) is 4.79 Å². The summed E-state index contributed by atoms with van der Waals surface area (Å²) in [6.45, 7) is 7.96. The first-order valence-corrected chi connectivity index (χ1v) is 7.37. The van der Waals surface area contributed by atoms with Gasteiger partial charge in [-0.3, -0.25) is 4.79 Å². The van der Waals surface area contributed by atoms with Crippen molar-refractivity contribution in [3.05, 3.63) is 23.4 Å². The van der Waals surface area contributed by atoms with E-state index in [1.807, 2.05) is 33.8 Å². The zero-order valence-electron chi connectivity index (χ0n) is 12.8. The Labute approximate surface area is 117 Å². The van der Waals surface area contributed by atoms with Gasteiger partial charge in [0.05, 0.1) is 0 Å². The van der Waals surface area contributed by atoms with Crippen molar-refractivity contribution < 1.29 is 4.79 Å². The summed E-state index contributed by atoms with van der Waals surface area (Å²) in [7, 11) is 0. The van der Waals surface area contributed by atoms with Crippen molar-refractivity contribution in [2.45, 2.75) is 66.2 Å². The number of carbonyl (C=O) groups is 1. The van der Waals surface area contributed by atoms with Crippen LogP contribution in [0, 0.1) is 13.8 Å². The van der Waals surface area contributed by atoms with Crippen molar-refractivity contribution >= 4 is 12.2 Å². The molecule has 0 saturated heterocycles. The molecule has 19 heavy (non-hydrogen) atoms. The average molecular weight is 264 g/mol. The van der Waals surface area contributed by atoms with Gasteiger partial charge in [-0.15, -0.1) is 0 Å². The second-order valence-electron chi connectivity index (χ2n) is 4.54. The van der Waals surface area contributed by atoms with Gasteiger partial charge in [0.15, 0.2) is 0 Å². The summed E-state index contributed by atoms with van der Waals surface area (Å²) in [5.41, 5.74) is 2.26. The van der Waals surface area contributed by atoms with Crippen molar-refractivity contribution in [1.29, 1.82) is 0 Å². The molecule has 1 aliphatic carbocycles. The van der Waals surface area contributed by atoms with Crippen molar-refractivity contribution in [3.8, 4) is 0 Å². The third kappa shape index (κ3) is 8.36. The zero-order valence-corrected chi connectivity index (χ0v) is 12.8. The Balaban J connectivity index is 0.000000341. The lowest BCUT2D eigenvalue weighted by atomic mass is 10.0. The molecule has 1 amide bonds. The first kappa shape index (κ1) is 17.6. The molecule has 0 aromatic carbocycles. The highest BCUT2D eigenvalue weighted by molar-refractivity contribution is 5.68. The minimum atomic E-state index is 0.600. The molecular weight excluding hydrogens is 236 g/mol. The topological polar surface area (TPSA) is 42.0 Å². The molecule has 0 bridgehead atoms. The Hall–Kier alpha value is -1.38. The SMILES string of the molecule is C1CCCCC1.CC.Cc1cnc(NC=O)cc1C. The predicted octanol–water partition coefficient (Wildman–Crippen LogP) is 4.63. The third-order valence-electron chi connectivity index (χ3n) is 3.08. The molecule has 0 spiro atoms. The van der Waals surface area contributed by atoms with Gasteiger partial charge in [-0.25, -0.2) is 4.98 Å². The molecule has 108 valence electrons. The molecule has 1 aromatic heterocycles. The van der Waals surface area contributed by atoms with E-state index >= 15 is 0 Å². The molecular formula is C16H28N2O. The number of hydrogen-bond acceptors (Lipinski definition) is 2. The van der Waals surface area contributed by atoms with Gasteiger partial charge in [0.1, 0.15) is 5.82 Å². The fourth-order valence-electron chi connectivity index (χ4n) is 1.82. The second-order valence-corrected chi connectivity index (χ2v) is 4.54. The molecule has 3 heteroatoms. The monoisotopic (exact) mass is 264 g/mol. The Kier molecular flexibility index (Phi) is 10.8. The number of rotatable bonds is 2. The van der Waals surface area contributed by atoms with Gasteiger partial charge < -0.3 is 5.32 Å². The maximum absolute atomic E-state index is 10.0. The molecule has 1 N–H and O–H groups in total. The number of pyridine rings is 1. The molecule has 2 rings (SSSR count). The van der Waals surface area contributed by atoms with Crippen molar-refractivity contribution in [1.82, 2.24) is 4.98 Å². The van der Waals surface area contributed by atoms with E-state index in [0.29, 0.717) is 12.2 Å². The Morgan fingerprint density at radius 3 is 1.84 bits per heavy atom. The van der Waals surface area contributed by atoms with E-state index in [-0.39, 0.29) is 0 Å². The highest BCUT2D eigenvalue weighted by Crippen LogP contribution is 2.15. The largest absolute Gasteiger partial charge is 0.313 e. The summed E-state index contributed by atoms with van der Waals surface area (Å²) in [6.07, 6.45) is 11.4. The molecule has 0 radical (unpaired) electrons. The smallest absolute Gasteiger partial charge is 0.212 e. The van der Waals surface area contributed by atoms with Crippen LogP contribution in [0.5, 0.6) is 0 Å². The van der Waals surface area contributed by atoms with Crippen molar-refractivity contribution in [3.63, 3.8) is 0 Å². The van der Waals surface area contributed by atoms with E-state index in [4.69, 9.17) is 0 Å². The summed E-state index contributed by atoms with van der Waals surface area (Å²) in [6, 6.07) is 1.84. The van der Waals surface area contributed by atoms with Crippen LogP contribution < -0.4 is 5.32 Å². The number of amides is 1. The van der Waals surface area contributed by atoms with Crippen LogP contribution in [0.3, 0.4) is 0 Å². The van der Waals surface area contributed by atoms with Gasteiger partial charge in [0, 0.05) is 6.20 Å². The Morgan fingerprint density at radius 2 is 1.47 bits per heavy atom. The van der Waals surface area contributed by atoms with Crippen molar-refractivity contribution in [2.75, 3.05) is 5.32 Å². The van der Waals surface area contributed by atoms with Crippen LogP contribution in [0.15, 0.2) is 12.3 Å². The summed E-state index contributed by atoms with van der Waals surface area (Å²) in [4.78, 5) is 14.0. The van der Waals surface area contributed by atoms with E-state index in [1.54, 1.807) is 6.20 Å². The second kappa shape index (κ2) is 11.7. The van der Waals surface area contributed by atoms with Gasteiger partial charge in [-0.05, 0) is 31.0 Å². The van der Waals surface area contributed by atoms with E-state index in [2.05, 4.69) is 10.3 Å². The minimum absolute atomic E-state index is 0.600. The standard InChI is InChI=1S/C8H10N2O.C6H12.C2H6/c1-6-3-8(10-5-11)9-4-7(6)2;1-2-4-6-5-3-1;1-2/h3-5H,1-2H3,(H,9,10,11);1-6H2;1-2H3. The van der Waals surface area contributed by atoms with Crippen LogP contribution in [0.25, 0.3) is 0 Å². The third-order valence-corrected chi connectivity index (χ3v) is 3.08. The number of nitrogens with one attached hydrogen (secondary N) is 1. The number of anilines is 1.